The average molecular weight is 225 g/mol. The molecule has 0 fully saturated rings. The Morgan fingerprint density at radius 3 is 2.31 bits per heavy atom. The molecule has 1 rings (SSSR count). The lowest BCUT2D eigenvalue weighted by atomic mass is 10.0. The topological polar surface area (TPSA) is 12.0 Å². The van der Waals surface area contributed by atoms with Crippen LogP contribution in [-0.4, -0.2) is 12.5 Å². The summed E-state index contributed by atoms with van der Waals surface area (Å²) in [6.45, 7) is 7.57. The van der Waals surface area contributed by atoms with Gasteiger partial charge in [-0.05, 0) is 25.0 Å². The van der Waals surface area contributed by atoms with Crippen LogP contribution < -0.4 is 5.32 Å². The maximum absolute atomic E-state index is 12.8. The lowest BCUT2D eigenvalue weighted by molar-refractivity contribution is 0.0226. The van der Waals surface area contributed by atoms with Gasteiger partial charge in [0.1, 0.15) is 0 Å². The first-order valence-corrected chi connectivity index (χ1v) is 5.32. The minimum atomic E-state index is -2.65. The molecular formula is C13H17F2N. The monoisotopic (exact) mass is 225 g/mol. The third kappa shape index (κ3) is 4.01. The Morgan fingerprint density at radius 1 is 1.31 bits per heavy atom. The zero-order chi connectivity index (χ0) is 12.2. The van der Waals surface area contributed by atoms with E-state index >= 15 is 0 Å². The van der Waals surface area contributed by atoms with Gasteiger partial charge in [0.2, 0.25) is 5.92 Å². The number of halogens is 2. The highest BCUT2D eigenvalue weighted by molar-refractivity contribution is 5.61. The maximum Gasteiger partial charge on any atom is 0.249 e. The molecule has 0 bridgehead atoms. The summed E-state index contributed by atoms with van der Waals surface area (Å²) in [6.07, 6.45) is -0.221. The van der Waals surface area contributed by atoms with Crippen molar-refractivity contribution >= 4 is 5.70 Å². The molecule has 0 aromatic heterocycles. The second-order valence-electron chi connectivity index (χ2n) is 3.95. The predicted octanol–water partition coefficient (Wildman–Crippen LogP) is 3.46. The molecule has 0 unspecified atom stereocenters. The van der Waals surface area contributed by atoms with Crippen molar-refractivity contribution in [1.82, 2.24) is 5.32 Å². The molecule has 1 N–H and O–H groups in total. The molecule has 0 saturated carbocycles. The Bertz CT molecular complexity index is 349. The molecule has 1 aromatic rings. The first-order valence-electron chi connectivity index (χ1n) is 5.32. The van der Waals surface area contributed by atoms with Gasteiger partial charge in [-0.15, -0.1) is 0 Å². The van der Waals surface area contributed by atoms with E-state index in [1.165, 1.54) is 0 Å². The third-order valence-electron chi connectivity index (χ3n) is 2.21. The van der Waals surface area contributed by atoms with E-state index in [-0.39, 0.29) is 6.42 Å². The summed E-state index contributed by atoms with van der Waals surface area (Å²) in [7, 11) is 0. The van der Waals surface area contributed by atoms with Crippen LogP contribution in [0.5, 0.6) is 0 Å². The second kappa shape index (κ2) is 5.10. The number of hydrogen-bond donors (Lipinski definition) is 1. The molecule has 3 heteroatoms. The zero-order valence-corrected chi connectivity index (χ0v) is 9.69. The van der Waals surface area contributed by atoms with E-state index in [1.807, 2.05) is 19.1 Å². The van der Waals surface area contributed by atoms with E-state index in [9.17, 15) is 8.78 Å². The normalized spacial score (nSPS) is 11.2. The minimum Gasteiger partial charge on any atom is -0.385 e. The van der Waals surface area contributed by atoms with Crippen LogP contribution in [0.3, 0.4) is 0 Å². The van der Waals surface area contributed by atoms with Crippen molar-refractivity contribution in [3.05, 3.63) is 42.0 Å². The van der Waals surface area contributed by atoms with Gasteiger partial charge in [0.15, 0.2) is 0 Å². The summed E-state index contributed by atoms with van der Waals surface area (Å²) in [5, 5.41) is 3.09. The van der Waals surface area contributed by atoms with E-state index in [0.29, 0.717) is 5.56 Å². The highest BCUT2D eigenvalue weighted by atomic mass is 19.3. The minimum absolute atomic E-state index is 0.221. The highest BCUT2D eigenvalue weighted by Crippen LogP contribution is 2.20. The molecular weight excluding hydrogens is 208 g/mol. The quantitative estimate of drug-likeness (QED) is 0.809. The van der Waals surface area contributed by atoms with E-state index in [0.717, 1.165) is 24.7 Å². The van der Waals surface area contributed by atoms with Crippen molar-refractivity contribution in [1.29, 1.82) is 0 Å². The molecule has 0 radical (unpaired) electrons. The smallest absolute Gasteiger partial charge is 0.249 e. The maximum atomic E-state index is 12.8. The van der Waals surface area contributed by atoms with Gasteiger partial charge in [-0.25, -0.2) is 8.78 Å². The summed E-state index contributed by atoms with van der Waals surface area (Å²) in [6, 6.07) is 7.06. The molecule has 0 atom stereocenters. The van der Waals surface area contributed by atoms with Gasteiger partial charge < -0.3 is 5.32 Å². The highest BCUT2D eigenvalue weighted by Gasteiger charge is 2.21. The molecule has 16 heavy (non-hydrogen) atoms. The van der Waals surface area contributed by atoms with Crippen LogP contribution in [0.4, 0.5) is 8.78 Å². The van der Waals surface area contributed by atoms with Crippen LogP contribution in [0.1, 0.15) is 25.0 Å². The van der Waals surface area contributed by atoms with Crippen molar-refractivity contribution in [3.63, 3.8) is 0 Å². The molecule has 1 nitrogen and oxygen atoms in total. The number of rotatable bonds is 5. The van der Waals surface area contributed by atoms with Gasteiger partial charge in [0.05, 0.1) is 0 Å². The van der Waals surface area contributed by atoms with Crippen LogP contribution in [0, 0.1) is 0 Å². The van der Waals surface area contributed by atoms with E-state index in [4.69, 9.17) is 0 Å². The van der Waals surface area contributed by atoms with Gasteiger partial charge in [0.25, 0.3) is 0 Å². The Balaban J connectivity index is 2.72. The zero-order valence-electron chi connectivity index (χ0n) is 9.69. The Labute approximate surface area is 95.2 Å². The lowest BCUT2D eigenvalue weighted by Gasteiger charge is -2.11. The molecule has 0 aliphatic rings. The fourth-order valence-corrected chi connectivity index (χ4v) is 1.50. The van der Waals surface area contributed by atoms with E-state index < -0.39 is 5.92 Å². The lowest BCUT2D eigenvalue weighted by Crippen LogP contribution is -2.13. The molecule has 0 aliphatic heterocycles. The summed E-state index contributed by atoms with van der Waals surface area (Å²) < 4.78 is 25.5. The van der Waals surface area contributed by atoms with E-state index in [1.54, 1.807) is 12.1 Å². The third-order valence-corrected chi connectivity index (χ3v) is 2.21. The van der Waals surface area contributed by atoms with Gasteiger partial charge >= 0.3 is 0 Å². The number of nitrogens with one attached hydrogen (secondary N) is 1. The first kappa shape index (κ1) is 12.7. The standard InChI is InChI=1S/C13H17F2N/c1-4-16-10(2)12-7-5-11(6-8-12)9-13(3,14)15/h5-8,16H,2,4,9H2,1,3H3. The van der Waals surface area contributed by atoms with Gasteiger partial charge in [-0.1, -0.05) is 30.8 Å². The van der Waals surface area contributed by atoms with Crippen LogP contribution in [-0.2, 0) is 6.42 Å². The van der Waals surface area contributed by atoms with Crippen molar-refractivity contribution in [2.75, 3.05) is 6.54 Å². The fourth-order valence-electron chi connectivity index (χ4n) is 1.50. The van der Waals surface area contributed by atoms with Crippen molar-refractivity contribution in [2.45, 2.75) is 26.2 Å². The van der Waals surface area contributed by atoms with Crippen molar-refractivity contribution < 1.29 is 8.78 Å². The largest absolute Gasteiger partial charge is 0.385 e. The average Bonchev–Trinajstić information content (AvgIpc) is 2.16. The summed E-state index contributed by atoms with van der Waals surface area (Å²) >= 11 is 0. The number of benzene rings is 1. The summed E-state index contributed by atoms with van der Waals surface area (Å²) in [4.78, 5) is 0. The van der Waals surface area contributed by atoms with E-state index in [2.05, 4.69) is 11.9 Å². The van der Waals surface area contributed by atoms with Crippen LogP contribution in [0.25, 0.3) is 5.70 Å². The van der Waals surface area contributed by atoms with Crippen molar-refractivity contribution in [2.24, 2.45) is 0 Å². The summed E-state index contributed by atoms with van der Waals surface area (Å²) in [5.74, 6) is -2.65. The molecule has 0 heterocycles. The Kier molecular flexibility index (Phi) is 4.05. The Hall–Kier alpha value is -1.38. The number of hydrogen-bond acceptors (Lipinski definition) is 1. The van der Waals surface area contributed by atoms with Gasteiger partial charge in [-0.2, -0.15) is 0 Å². The van der Waals surface area contributed by atoms with Crippen LogP contribution in [0.2, 0.25) is 0 Å². The molecule has 1 aromatic carbocycles. The predicted molar refractivity (Wildman–Crippen MR) is 63.5 cm³/mol. The molecule has 0 aliphatic carbocycles. The molecule has 0 spiro atoms. The van der Waals surface area contributed by atoms with Crippen molar-refractivity contribution in [3.8, 4) is 0 Å². The van der Waals surface area contributed by atoms with Gasteiger partial charge in [-0.3, -0.25) is 0 Å². The van der Waals surface area contributed by atoms with Gasteiger partial charge in [0, 0.05) is 18.7 Å². The Morgan fingerprint density at radius 2 is 1.88 bits per heavy atom. The first-order chi connectivity index (χ1) is 7.42. The second-order valence-corrected chi connectivity index (χ2v) is 3.95. The molecule has 88 valence electrons. The summed E-state index contributed by atoms with van der Waals surface area (Å²) in [5.41, 5.74) is 2.39. The SMILES string of the molecule is C=C(NCC)c1ccc(CC(C)(F)F)cc1. The molecule has 0 amide bonds. The molecule has 0 saturated heterocycles. The van der Waals surface area contributed by atoms with Crippen LogP contribution >= 0.6 is 0 Å². The number of alkyl halides is 2. The van der Waals surface area contributed by atoms with Crippen LogP contribution in [0.15, 0.2) is 30.8 Å². The fraction of sp³-hybridized carbons (Fsp3) is 0.385.